The highest BCUT2D eigenvalue weighted by Gasteiger charge is 2.09. The summed E-state index contributed by atoms with van der Waals surface area (Å²) in [6, 6.07) is 0. The van der Waals surface area contributed by atoms with Crippen molar-refractivity contribution in [3.8, 4) is 0 Å². The third-order valence-corrected chi connectivity index (χ3v) is 2.37. The SMILES string of the molecule is CCCCC[C](CC)C(C)C. The molecule has 1 radical (unpaired) electrons. The van der Waals surface area contributed by atoms with Crippen LogP contribution in [0.2, 0.25) is 0 Å². The Labute approximate surface area is 72.4 Å². The van der Waals surface area contributed by atoms with Gasteiger partial charge in [0.25, 0.3) is 0 Å². The number of hydrogen-bond acceptors (Lipinski definition) is 0. The van der Waals surface area contributed by atoms with Crippen molar-refractivity contribution in [2.24, 2.45) is 5.92 Å². The number of hydrogen-bond donors (Lipinski definition) is 0. The van der Waals surface area contributed by atoms with Gasteiger partial charge in [0.15, 0.2) is 0 Å². The van der Waals surface area contributed by atoms with E-state index in [0.717, 1.165) is 5.92 Å². The predicted molar refractivity (Wildman–Crippen MR) is 52.5 cm³/mol. The van der Waals surface area contributed by atoms with Gasteiger partial charge in [0.2, 0.25) is 0 Å². The predicted octanol–water partition coefficient (Wildman–Crippen LogP) is 4.21. The molecule has 0 fully saturated rings. The van der Waals surface area contributed by atoms with Gasteiger partial charge in [-0.2, -0.15) is 0 Å². The zero-order chi connectivity index (χ0) is 8.69. The largest absolute Gasteiger partial charge is 0.0654 e. The molecular formula is C11H23. The van der Waals surface area contributed by atoms with Gasteiger partial charge >= 0.3 is 0 Å². The number of rotatable bonds is 6. The lowest BCUT2D eigenvalue weighted by molar-refractivity contribution is 0.536. The summed E-state index contributed by atoms with van der Waals surface area (Å²) in [5, 5.41) is 0. The van der Waals surface area contributed by atoms with E-state index in [0.29, 0.717) is 0 Å². The van der Waals surface area contributed by atoms with Crippen LogP contribution in [-0.4, -0.2) is 0 Å². The molecule has 0 aromatic carbocycles. The van der Waals surface area contributed by atoms with Crippen LogP contribution in [0.3, 0.4) is 0 Å². The van der Waals surface area contributed by atoms with Crippen molar-refractivity contribution in [1.29, 1.82) is 0 Å². The second kappa shape index (κ2) is 6.69. The van der Waals surface area contributed by atoms with Crippen LogP contribution in [0.5, 0.6) is 0 Å². The first-order chi connectivity index (χ1) is 5.22. The lowest BCUT2D eigenvalue weighted by atomic mass is 9.88. The second-order valence-corrected chi connectivity index (χ2v) is 3.62. The fraction of sp³-hybridized carbons (Fsp3) is 0.909. The van der Waals surface area contributed by atoms with E-state index in [4.69, 9.17) is 0 Å². The van der Waals surface area contributed by atoms with Crippen LogP contribution in [0.4, 0.5) is 0 Å². The van der Waals surface area contributed by atoms with E-state index in [-0.39, 0.29) is 0 Å². The topological polar surface area (TPSA) is 0 Å². The minimum absolute atomic E-state index is 0.803. The Morgan fingerprint density at radius 2 is 1.73 bits per heavy atom. The zero-order valence-electron chi connectivity index (χ0n) is 8.61. The highest BCUT2D eigenvalue weighted by molar-refractivity contribution is 4.90. The molecule has 0 atom stereocenters. The molecule has 0 aliphatic carbocycles. The molecule has 11 heavy (non-hydrogen) atoms. The summed E-state index contributed by atoms with van der Waals surface area (Å²) in [4.78, 5) is 0. The second-order valence-electron chi connectivity index (χ2n) is 3.62. The molecule has 0 rings (SSSR count). The molecule has 0 saturated heterocycles. The summed E-state index contributed by atoms with van der Waals surface area (Å²) in [6.07, 6.45) is 6.78. The summed E-state index contributed by atoms with van der Waals surface area (Å²) in [5.74, 6) is 2.55. The van der Waals surface area contributed by atoms with Crippen LogP contribution in [0, 0.1) is 11.8 Å². The Morgan fingerprint density at radius 3 is 2.09 bits per heavy atom. The molecule has 0 aliphatic rings. The van der Waals surface area contributed by atoms with E-state index in [9.17, 15) is 0 Å². The summed E-state index contributed by atoms with van der Waals surface area (Å²) < 4.78 is 0. The van der Waals surface area contributed by atoms with Crippen LogP contribution < -0.4 is 0 Å². The molecule has 0 heterocycles. The molecule has 0 N–H and O–H groups in total. The summed E-state index contributed by atoms with van der Waals surface area (Å²) in [6.45, 7) is 9.16. The molecule has 0 aromatic heterocycles. The lowest BCUT2D eigenvalue weighted by Gasteiger charge is -2.17. The van der Waals surface area contributed by atoms with Crippen molar-refractivity contribution in [2.45, 2.75) is 59.8 Å². The molecule has 0 aliphatic heterocycles. The van der Waals surface area contributed by atoms with Crippen LogP contribution in [0.1, 0.15) is 59.8 Å². The summed E-state index contributed by atoms with van der Waals surface area (Å²) >= 11 is 0. The summed E-state index contributed by atoms with van der Waals surface area (Å²) in [5.41, 5.74) is 0. The highest BCUT2D eigenvalue weighted by atomic mass is 14.1. The van der Waals surface area contributed by atoms with E-state index < -0.39 is 0 Å². The first-order valence-electron chi connectivity index (χ1n) is 5.06. The van der Waals surface area contributed by atoms with Gasteiger partial charge in [-0.25, -0.2) is 0 Å². The molecule has 0 spiro atoms. The maximum Gasteiger partial charge on any atom is -0.0218 e. The van der Waals surface area contributed by atoms with Crippen LogP contribution in [0.15, 0.2) is 0 Å². The minimum Gasteiger partial charge on any atom is -0.0654 e. The van der Waals surface area contributed by atoms with Gasteiger partial charge in [-0.15, -0.1) is 0 Å². The van der Waals surface area contributed by atoms with E-state index in [2.05, 4.69) is 27.7 Å². The molecule has 0 bridgehead atoms. The van der Waals surface area contributed by atoms with Gasteiger partial charge in [0.05, 0.1) is 0 Å². The van der Waals surface area contributed by atoms with Gasteiger partial charge in [0.1, 0.15) is 0 Å². The van der Waals surface area contributed by atoms with Crippen molar-refractivity contribution < 1.29 is 0 Å². The Hall–Kier alpha value is 0. The Balaban J connectivity index is 3.36. The molecular weight excluding hydrogens is 132 g/mol. The number of unbranched alkanes of at least 4 members (excludes halogenated alkanes) is 2. The maximum atomic E-state index is 2.31. The third-order valence-electron chi connectivity index (χ3n) is 2.37. The van der Waals surface area contributed by atoms with Crippen molar-refractivity contribution in [1.82, 2.24) is 0 Å². The monoisotopic (exact) mass is 155 g/mol. The minimum atomic E-state index is 0.803. The Morgan fingerprint density at radius 1 is 1.09 bits per heavy atom. The molecule has 0 aromatic rings. The smallest absolute Gasteiger partial charge is 0.0218 e. The molecule has 0 unspecified atom stereocenters. The van der Waals surface area contributed by atoms with Gasteiger partial charge in [-0.1, -0.05) is 47.0 Å². The highest BCUT2D eigenvalue weighted by Crippen LogP contribution is 2.23. The normalized spacial score (nSPS) is 11.5. The summed E-state index contributed by atoms with van der Waals surface area (Å²) in [7, 11) is 0. The Bertz CT molecular complexity index is 74.1. The third kappa shape index (κ3) is 5.29. The molecule has 0 saturated carbocycles. The molecule has 67 valence electrons. The van der Waals surface area contributed by atoms with Gasteiger partial charge < -0.3 is 0 Å². The maximum absolute atomic E-state index is 2.31. The van der Waals surface area contributed by atoms with E-state index in [1.807, 2.05) is 0 Å². The Kier molecular flexibility index (Phi) is 6.69. The lowest BCUT2D eigenvalue weighted by Crippen LogP contribution is -2.04. The average molecular weight is 155 g/mol. The van der Waals surface area contributed by atoms with Crippen molar-refractivity contribution in [3.63, 3.8) is 0 Å². The van der Waals surface area contributed by atoms with E-state index in [1.54, 1.807) is 5.92 Å². The zero-order valence-corrected chi connectivity index (χ0v) is 8.61. The van der Waals surface area contributed by atoms with Gasteiger partial charge in [0, 0.05) is 0 Å². The fourth-order valence-electron chi connectivity index (χ4n) is 1.48. The van der Waals surface area contributed by atoms with Crippen LogP contribution in [-0.2, 0) is 0 Å². The standard InChI is InChI=1S/C11H23/c1-5-7-8-9-11(6-2)10(3)4/h10H,5-9H2,1-4H3. The van der Waals surface area contributed by atoms with Crippen LogP contribution in [0.25, 0.3) is 0 Å². The fourth-order valence-corrected chi connectivity index (χ4v) is 1.48. The quantitative estimate of drug-likeness (QED) is 0.504. The first kappa shape index (κ1) is 11.0. The van der Waals surface area contributed by atoms with Crippen molar-refractivity contribution >= 4 is 0 Å². The van der Waals surface area contributed by atoms with Crippen molar-refractivity contribution in [2.75, 3.05) is 0 Å². The average Bonchev–Trinajstić information content (AvgIpc) is 1.97. The van der Waals surface area contributed by atoms with Crippen LogP contribution >= 0.6 is 0 Å². The van der Waals surface area contributed by atoms with E-state index >= 15 is 0 Å². The van der Waals surface area contributed by atoms with E-state index in [1.165, 1.54) is 32.1 Å². The van der Waals surface area contributed by atoms with Gasteiger partial charge in [-0.05, 0) is 24.7 Å². The first-order valence-corrected chi connectivity index (χ1v) is 5.06. The molecule has 0 heteroatoms. The van der Waals surface area contributed by atoms with Gasteiger partial charge in [-0.3, -0.25) is 0 Å². The molecule has 0 amide bonds. The molecule has 0 nitrogen and oxygen atoms in total. The van der Waals surface area contributed by atoms with Crippen molar-refractivity contribution in [3.05, 3.63) is 5.92 Å².